The zero-order valence-corrected chi connectivity index (χ0v) is 6.72. The van der Waals surface area contributed by atoms with E-state index in [1.165, 1.54) is 0 Å². The minimum Gasteiger partial charge on any atom is -0.281 e. The first-order valence-corrected chi connectivity index (χ1v) is 3.70. The van der Waals surface area contributed by atoms with Gasteiger partial charge in [-0.05, 0) is 13.3 Å². The maximum atomic E-state index is 11.2. The number of carbonyl (C=O) groups excluding carboxylic acids is 1. The third-order valence-corrected chi connectivity index (χ3v) is 2.09. The number of carbonyl (C=O) groups is 1. The molecule has 2 unspecified atom stereocenters. The van der Waals surface area contributed by atoms with Gasteiger partial charge in [0.25, 0.3) is 0 Å². The molecule has 1 fully saturated rings. The van der Waals surface area contributed by atoms with Gasteiger partial charge in [-0.1, -0.05) is 6.92 Å². The van der Waals surface area contributed by atoms with Gasteiger partial charge in [-0.25, -0.2) is 5.43 Å². The Balaban J connectivity index is 2.64. The first-order valence-electron chi connectivity index (χ1n) is 3.70. The van der Waals surface area contributed by atoms with Crippen LogP contribution < -0.4 is 5.43 Å². The van der Waals surface area contributed by atoms with Gasteiger partial charge >= 0.3 is 0 Å². The van der Waals surface area contributed by atoms with Crippen molar-refractivity contribution in [3.05, 3.63) is 0 Å². The summed E-state index contributed by atoms with van der Waals surface area (Å²) < 4.78 is 0. The average Bonchev–Trinajstić information content (AvgIpc) is 2.09. The summed E-state index contributed by atoms with van der Waals surface area (Å²) in [5.74, 6) is 0.403. The second-order valence-corrected chi connectivity index (χ2v) is 2.83. The van der Waals surface area contributed by atoms with E-state index in [1.807, 2.05) is 13.8 Å². The number of nitrogens with one attached hydrogen (secondary N) is 1. The zero-order valence-electron chi connectivity index (χ0n) is 6.72. The Morgan fingerprint density at radius 2 is 2.30 bits per heavy atom. The van der Waals surface area contributed by atoms with Gasteiger partial charge in [0.05, 0.1) is 5.92 Å². The lowest BCUT2D eigenvalue weighted by Gasteiger charge is -2.07. The number of hydrazine groups is 1. The molecule has 1 aliphatic rings. The molecule has 0 aromatic carbocycles. The molecule has 3 heteroatoms. The number of hydrogen-bond acceptors (Lipinski definition) is 2. The molecule has 1 aliphatic heterocycles. The fourth-order valence-corrected chi connectivity index (χ4v) is 1.45. The van der Waals surface area contributed by atoms with Gasteiger partial charge in [-0.3, -0.25) is 9.80 Å². The van der Waals surface area contributed by atoms with Crippen molar-refractivity contribution in [3.63, 3.8) is 0 Å². The topological polar surface area (TPSA) is 32.3 Å². The van der Waals surface area contributed by atoms with Crippen LogP contribution in [-0.2, 0) is 4.79 Å². The van der Waals surface area contributed by atoms with Gasteiger partial charge in [0.2, 0.25) is 5.91 Å². The molecular formula is C7H14N2O. The molecule has 0 aromatic heterocycles. The lowest BCUT2D eigenvalue weighted by atomic mass is 10.0. The molecule has 58 valence electrons. The highest BCUT2D eigenvalue weighted by Gasteiger charge is 2.33. The Labute approximate surface area is 61.4 Å². The summed E-state index contributed by atoms with van der Waals surface area (Å²) in [6.45, 7) is 4.08. The normalized spacial score (nSPS) is 33.5. The van der Waals surface area contributed by atoms with E-state index in [0.717, 1.165) is 6.42 Å². The molecule has 1 N–H and O–H groups in total. The fraction of sp³-hybridized carbons (Fsp3) is 0.857. The third kappa shape index (κ3) is 1.01. The van der Waals surface area contributed by atoms with E-state index in [2.05, 4.69) is 5.43 Å². The summed E-state index contributed by atoms with van der Waals surface area (Å²) >= 11 is 0. The molecule has 0 aromatic rings. The Kier molecular flexibility index (Phi) is 1.94. The van der Waals surface area contributed by atoms with Gasteiger partial charge in [0, 0.05) is 13.1 Å². The monoisotopic (exact) mass is 142 g/mol. The molecular weight excluding hydrogens is 128 g/mol. The zero-order chi connectivity index (χ0) is 7.72. The summed E-state index contributed by atoms with van der Waals surface area (Å²) in [6.07, 6.45) is 0.928. The Morgan fingerprint density at radius 3 is 2.50 bits per heavy atom. The second kappa shape index (κ2) is 2.58. The van der Waals surface area contributed by atoms with Crippen LogP contribution in [0.1, 0.15) is 20.3 Å². The molecule has 0 radical (unpaired) electrons. The lowest BCUT2D eigenvalue weighted by Crippen LogP contribution is -2.32. The summed E-state index contributed by atoms with van der Waals surface area (Å²) in [5, 5.41) is 1.58. The minimum atomic E-state index is 0.185. The largest absolute Gasteiger partial charge is 0.281 e. The van der Waals surface area contributed by atoms with Crippen LogP contribution in [0.5, 0.6) is 0 Å². The van der Waals surface area contributed by atoms with Crippen LogP contribution in [0.15, 0.2) is 0 Å². The van der Waals surface area contributed by atoms with Crippen LogP contribution in [0.4, 0.5) is 0 Å². The van der Waals surface area contributed by atoms with Crippen LogP contribution in [0.2, 0.25) is 0 Å². The SMILES string of the molecule is CCC1C(=O)N(C)NC1C. The average molecular weight is 142 g/mol. The molecule has 0 saturated carbocycles. The van der Waals surface area contributed by atoms with Gasteiger partial charge in [0.15, 0.2) is 0 Å². The lowest BCUT2D eigenvalue weighted by molar-refractivity contribution is -0.131. The van der Waals surface area contributed by atoms with Crippen molar-refractivity contribution in [2.24, 2.45) is 5.92 Å². The van der Waals surface area contributed by atoms with E-state index in [4.69, 9.17) is 0 Å². The predicted molar refractivity (Wildman–Crippen MR) is 39.1 cm³/mol. The number of hydrogen-bond donors (Lipinski definition) is 1. The van der Waals surface area contributed by atoms with Gasteiger partial charge < -0.3 is 0 Å². The molecule has 1 heterocycles. The van der Waals surface area contributed by atoms with E-state index >= 15 is 0 Å². The highest BCUT2D eigenvalue weighted by molar-refractivity contribution is 5.80. The molecule has 0 spiro atoms. The molecule has 3 nitrogen and oxygen atoms in total. The predicted octanol–water partition coefficient (Wildman–Crippen LogP) is 0.378. The van der Waals surface area contributed by atoms with Crippen molar-refractivity contribution in [2.75, 3.05) is 7.05 Å². The van der Waals surface area contributed by atoms with Crippen molar-refractivity contribution in [3.8, 4) is 0 Å². The molecule has 1 amide bonds. The second-order valence-electron chi connectivity index (χ2n) is 2.83. The van der Waals surface area contributed by atoms with E-state index in [-0.39, 0.29) is 11.8 Å². The smallest absolute Gasteiger partial charge is 0.241 e. The number of nitrogens with zero attached hydrogens (tertiary/aromatic N) is 1. The standard InChI is InChI=1S/C7H14N2O/c1-4-6-5(2)8-9(3)7(6)10/h5-6,8H,4H2,1-3H3. The van der Waals surface area contributed by atoms with Gasteiger partial charge in [0.1, 0.15) is 0 Å². The quantitative estimate of drug-likeness (QED) is 0.574. The molecule has 2 atom stereocenters. The minimum absolute atomic E-state index is 0.185. The maximum Gasteiger partial charge on any atom is 0.241 e. The van der Waals surface area contributed by atoms with Crippen molar-refractivity contribution in [1.82, 2.24) is 10.4 Å². The third-order valence-electron chi connectivity index (χ3n) is 2.09. The molecule has 1 saturated heterocycles. The van der Waals surface area contributed by atoms with Gasteiger partial charge in [-0.2, -0.15) is 0 Å². The van der Waals surface area contributed by atoms with Crippen LogP contribution in [0.3, 0.4) is 0 Å². The molecule has 0 bridgehead atoms. The fourth-order valence-electron chi connectivity index (χ4n) is 1.45. The van der Waals surface area contributed by atoms with Crippen LogP contribution in [0.25, 0.3) is 0 Å². The first kappa shape index (κ1) is 7.54. The Hall–Kier alpha value is -0.570. The van der Waals surface area contributed by atoms with Crippen molar-refractivity contribution >= 4 is 5.91 Å². The Bertz CT molecular complexity index is 147. The molecule has 0 aliphatic carbocycles. The summed E-state index contributed by atoms with van der Waals surface area (Å²) in [6, 6.07) is 0.308. The molecule has 10 heavy (non-hydrogen) atoms. The van der Waals surface area contributed by atoms with Crippen molar-refractivity contribution in [1.29, 1.82) is 0 Å². The maximum absolute atomic E-state index is 11.2. The van der Waals surface area contributed by atoms with Crippen LogP contribution in [-0.4, -0.2) is 24.0 Å². The Morgan fingerprint density at radius 1 is 1.70 bits per heavy atom. The van der Waals surface area contributed by atoms with Crippen molar-refractivity contribution in [2.45, 2.75) is 26.3 Å². The van der Waals surface area contributed by atoms with E-state index in [1.54, 1.807) is 12.1 Å². The number of amides is 1. The van der Waals surface area contributed by atoms with Crippen LogP contribution >= 0.6 is 0 Å². The van der Waals surface area contributed by atoms with E-state index in [0.29, 0.717) is 6.04 Å². The highest BCUT2D eigenvalue weighted by atomic mass is 16.2. The first-order chi connectivity index (χ1) is 4.66. The van der Waals surface area contributed by atoms with E-state index in [9.17, 15) is 4.79 Å². The molecule has 1 rings (SSSR count). The van der Waals surface area contributed by atoms with E-state index < -0.39 is 0 Å². The van der Waals surface area contributed by atoms with Gasteiger partial charge in [-0.15, -0.1) is 0 Å². The van der Waals surface area contributed by atoms with Crippen molar-refractivity contribution < 1.29 is 4.79 Å². The summed E-state index contributed by atoms with van der Waals surface area (Å²) in [4.78, 5) is 11.2. The summed E-state index contributed by atoms with van der Waals surface area (Å²) in [7, 11) is 1.77. The summed E-state index contributed by atoms with van der Waals surface area (Å²) in [5.41, 5.74) is 3.05. The van der Waals surface area contributed by atoms with Crippen LogP contribution in [0, 0.1) is 5.92 Å². The number of rotatable bonds is 1. The highest BCUT2D eigenvalue weighted by Crippen LogP contribution is 2.16.